The number of aliphatic hydroxyl groups excluding tert-OH is 1. The molecule has 0 spiro atoms. The number of esters is 2. The highest BCUT2D eigenvalue weighted by molar-refractivity contribution is 7.53. The number of unbranched alkanes of at least 4 members (excludes halogenated alkanes) is 5. The van der Waals surface area contributed by atoms with E-state index in [0.29, 0.717) is 31.6 Å². The van der Waals surface area contributed by atoms with Crippen molar-refractivity contribution >= 4 is 55.0 Å². The van der Waals surface area contributed by atoms with Gasteiger partial charge in [0, 0.05) is 38.3 Å². The standard InChI is InChI=1S/C53H85N8O14P/c1-35(2)27-40(57-49(68)43-24-20-26-61(43)37(4)63)46(65)56-41(28-39-29-55-32-60(39)25-19-14-12-11-13-16-21-38-22-17-15-18-23-38)47(66)58-42(30-62)48(67)59-44(45(54)64)36(3)31-76(71,74-33-72-50(69)52(5,6)7)75-34-73-51(70)53(8,9)10/h15,17-18,22-23,29,32,35-36,40-44,62H,11-14,16,19-21,24-28,30-31,33-34H2,1-10H3,(H2,54,64)(H,56,65)(H,57,68)(H,58,66)(H,59,67)/t36-,40-,41-,42-,43-,44-/m0/s1. The predicted octanol–water partition coefficient (Wildman–Crippen LogP) is 4.44. The zero-order valence-corrected chi connectivity index (χ0v) is 47.1. The first kappa shape index (κ1) is 64.6. The van der Waals surface area contributed by atoms with E-state index in [4.69, 9.17) is 24.3 Å². The van der Waals surface area contributed by atoms with E-state index in [1.54, 1.807) is 54.1 Å². The van der Waals surface area contributed by atoms with Crippen LogP contribution in [0.1, 0.15) is 138 Å². The number of aliphatic hydroxyl groups is 1. The maximum absolute atomic E-state index is 14.4. The van der Waals surface area contributed by atoms with Gasteiger partial charge in [-0.2, -0.15) is 0 Å². The summed E-state index contributed by atoms with van der Waals surface area (Å²) in [6.45, 7) is 14.2. The fourth-order valence-electron chi connectivity index (χ4n) is 8.33. The number of primary amides is 1. The monoisotopic (exact) mass is 1090 g/mol. The number of rotatable bonds is 32. The van der Waals surface area contributed by atoms with Crippen molar-refractivity contribution in [2.45, 2.75) is 177 Å². The Morgan fingerprint density at radius 3 is 1.88 bits per heavy atom. The number of hydrogen-bond donors (Lipinski definition) is 6. The molecular weight excluding hydrogens is 1000 g/mol. The Morgan fingerprint density at radius 2 is 1.33 bits per heavy atom. The van der Waals surface area contributed by atoms with Gasteiger partial charge < -0.3 is 51.0 Å². The molecule has 0 saturated carbocycles. The second-order valence-electron chi connectivity index (χ2n) is 22.0. The van der Waals surface area contributed by atoms with Crippen molar-refractivity contribution in [3.8, 4) is 0 Å². The summed E-state index contributed by atoms with van der Waals surface area (Å²) in [6.07, 6.45) is 10.7. The summed E-state index contributed by atoms with van der Waals surface area (Å²) in [6, 6.07) is 3.66. The van der Waals surface area contributed by atoms with Crippen molar-refractivity contribution in [3.63, 3.8) is 0 Å². The van der Waals surface area contributed by atoms with Crippen LogP contribution in [0.3, 0.4) is 0 Å². The van der Waals surface area contributed by atoms with Crippen LogP contribution in [0, 0.1) is 22.7 Å². The molecule has 1 fully saturated rings. The third-order valence-corrected chi connectivity index (χ3v) is 14.7. The maximum Gasteiger partial charge on any atom is 0.336 e. The number of nitrogens with zero attached hydrogens (tertiary/aromatic N) is 3. The molecule has 426 valence electrons. The van der Waals surface area contributed by atoms with E-state index in [9.17, 15) is 48.0 Å². The Hall–Kier alpha value is -5.70. The van der Waals surface area contributed by atoms with E-state index in [2.05, 4.69) is 38.4 Å². The van der Waals surface area contributed by atoms with Gasteiger partial charge in [0.05, 0.1) is 29.9 Å². The molecule has 3 rings (SSSR count). The summed E-state index contributed by atoms with van der Waals surface area (Å²) in [5.74, 6) is -7.28. The van der Waals surface area contributed by atoms with Crippen LogP contribution in [0.5, 0.6) is 0 Å². The Labute approximate surface area is 447 Å². The van der Waals surface area contributed by atoms with Crippen LogP contribution >= 0.6 is 7.60 Å². The van der Waals surface area contributed by atoms with Gasteiger partial charge in [-0.3, -0.25) is 52.0 Å². The van der Waals surface area contributed by atoms with Gasteiger partial charge in [0.2, 0.25) is 49.0 Å². The van der Waals surface area contributed by atoms with Gasteiger partial charge in [-0.05, 0) is 97.5 Å². The van der Waals surface area contributed by atoms with E-state index in [0.717, 1.165) is 44.9 Å². The molecule has 1 aromatic heterocycles. The number of carbonyl (C=O) groups is 8. The molecule has 1 aliphatic rings. The van der Waals surface area contributed by atoms with Crippen LogP contribution in [0.25, 0.3) is 0 Å². The van der Waals surface area contributed by atoms with E-state index < -0.39 is 122 Å². The lowest BCUT2D eigenvalue weighted by atomic mass is 9.98. The lowest BCUT2D eigenvalue weighted by Crippen LogP contribution is -2.60. The summed E-state index contributed by atoms with van der Waals surface area (Å²) in [5, 5.41) is 21.0. The Kier molecular flexibility index (Phi) is 26.3. The fraction of sp³-hybridized carbons (Fsp3) is 0.679. The molecule has 2 aromatic rings. The lowest BCUT2D eigenvalue weighted by Gasteiger charge is -2.29. The average Bonchev–Trinajstić information content (AvgIpc) is 4.02. The molecule has 0 aliphatic carbocycles. The molecule has 1 saturated heterocycles. The van der Waals surface area contributed by atoms with Crippen molar-refractivity contribution in [2.75, 3.05) is 32.9 Å². The van der Waals surface area contributed by atoms with Gasteiger partial charge in [-0.25, -0.2) is 4.98 Å². The van der Waals surface area contributed by atoms with Gasteiger partial charge >= 0.3 is 19.5 Å². The minimum atomic E-state index is -4.43. The highest BCUT2D eigenvalue weighted by atomic mass is 31.2. The number of benzene rings is 1. The molecule has 0 unspecified atom stereocenters. The second kappa shape index (κ2) is 30.9. The smallest absolute Gasteiger partial charge is 0.336 e. The molecule has 22 nitrogen and oxygen atoms in total. The van der Waals surface area contributed by atoms with Crippen molar-refractivity contribution in [1.82, 2.24) is 35.7 Å². The molecule has 0 bridgehead atoms. The fourth-order valence-corrected chi connectivity index (χ4v) is 9.96. The maximum atomic E-state index is 14.4. The SMILES string of the molecule is CC(=O)N1CCC[C@H]1C(=O)N[C@@H](CC(C)C)C(=O)N[C@@H](Cc1cncn1CCCCCCCCc1ccccc1)C(=O)N[C@@H](CO)C(=O)N[C@H](C(N)=O)[C@@H](C)CP(=O)(OCOC(=O)C(C)(C)C)OCOC(=O)C(C)(C)C. The normalized spacial score (nSPS) is 15.9. The van der Waals surface area contributed by atoms with E-state index >= 15 is 0 Å². The van der Waals surface area contributed by atoms with Crippen LogP contribution in [-0.4, -0.2) is 130 Å². The zero-order valence-electron chi connectivity index (χ0n) is 46.2. The van der Waals surface area contributed by atoms with Gasteiger partial charge in [0.15, 0.2) is 0 Å². The number of carbonyl (C=O) groups excluding carboxylic acids is 8. The number of nitrogens with one attached hydrogen (secondary N) is 4. The first-order chi connectivity index (χ1) is 35.6. The molecule has 1 aromatic carbocycles. The highest BCUT2D eigenvalue weighted by Crippen LogP contribution is 2.50. The van der Waals surface area contributed by atoms with Crippen LogP contribution in [0.15, 0.2) is 42.9 Å². The zero-order chi connectivity index (χ0) is 56.8. The quantitative estimate of drug-likeness (QED) is 0.0255. The van der Waals surface area contributed by atoms with E-state index in [1.807, 2.05) is 36.6 Å². The van der Waals surface area contributed by atoms with Crippen LogP contribution in [0.2, 0.25) is 0 Å². The summed E-state index contributed by atoms with van der Waals surface area (Å²) >= 11 is 0. The molecule has 2 heterocycles. The van der Waals surface area contributed by atoms with E-state index in [-0.39, 0.29) is 24.7 Å². The van der Waals surface area contributed by atoms with Crippen molar-refractivity contribution in [1.29, 1.82) is 0 Å². The van der Waals surface area contributed by atoms with Crippen molar-refractivity contribution in [2.24, 2.45) is 28.4 Å². The molecule has 1 aliphatic heterocycles. The van der Waals surface area contributed by atoms with Gasteiger partial charge in [0.25, 0.3) is 0 Å². The predicted molar refractivity (Wildman–Crippen MR) is 282 cm³/mol. The molecule has 7 N–H and O–H groups in total. The number of hydrogen-bond acceptors (Lipinski definition) is 15. The Balaban J connectivity index is 1.83. The van der Waals surface area contributed by atoms with Gasteiger partial charge in [0.1, 0.15) is 30.2 Å². The van der Waals surface area contributed by atoms with Crippen LogP contribution in [-0.2, 0) is 80.8 Å². The molecule has 6 amide bonds. The number of nitrogens with two attached hydrogens (primary N) is 1. The van der Waals surface area contributed by atoms with Crippen molar-refractivity contribution < 1.29 is 66.5 Å². The average molecular weight is 1090 g/mol. The van der Waals surface area contributed by atoms with Gasteiger partial charge in [-0.15, -0.1) is 0 Å². The first-order valence-corrected chi connectivity index (χ1v) is 28.0. The molecule has 6 atom stereocenters. The summed E-state index contributed by atoms with van der Waals surface area (Å²) in [4.78, 5) is 112. The number of aromatic nitrogens is 2. The molecular formula is C53H85N8O14P. The Bertz CT molecular complexity index is 2240. The molecule has 76 heavy (non-hydrogen) atoms. The van der Waals surface area contributed by atoms with Crippen LogP contribution < -0.4 is 27.0 Å². The Morgan fingerprint density at radius 1 is 0.776 bits per heavy atom. The van der Waals surface area contributed by atoms with E-state index in [1.165, 1.54) is 24.3 Å². The minimum absolute atomic E-state index is 0.104. The molecule has 0 radical (unpaired) electrons. The summed E-state index contributed by atoms with van der Waals surface area (Å²) in [7, 11) is -4.43. The second-order valence-corrected chi connectivity index (χ2v) is 24.1. The lowest BCUT2D eigenvalue weighted by molar-refractivity contribution is -0.162. The third-order valence-electron chi connectivity index (χ3n) is 12.7. The largest absolute Gasteiger partial charge is 0.438 e. The summed E-state index contributed by atoms with van der Waals surface area (Å²) < 4.78 is 37.1. The number of aryl methyl sites for hydroxylation is 2. The van der Waals surface area contributed by atoms with Gasteiger partial charge in [-0.1, -0.05) is 76.8 Å². The number of amides is 6. The van der Waals surface area contributed by atoms with Crippen LogP contribution in [0.4, 0.5) is 0 Å². The highest BCUT2D eigenvalue weighted by Gasteiger charge is 2.39. The number of imidazole rings is 1. The number of ether oxygens (including phenoxy) is 2. The first-order valence-electron chi connectivity index (χ1n) is 26.3. The number of likely N-dealkylation sites (tertiary alicyclic amines) is 1. The summed E-state index contributed by atoms with van der Waals surface area (Å²) in [5.41, 5.74) is 5.72. The third kappa shape index (κ3) is 22.1. The van der Waals surface area contributed by atoms with Crippen molar-refractivity contribution in [3.05, 3.63) is 54.1 Å². The topological polar surface area (TPSA) is 306 Å². The minimum Gasteiger partial charge on any atom is -0.438 e. The molecule has 23 heteroatoms.